The average molecular weight is 370 g/mol. The Hall–Kier alpha value is -1.13. The van der Waals surface area contributed by atoms with Crippen molar-refractivity contribution in [2.45, 2.75) is 27.2 Å². The van der Waals surface area contributed by atoms with Crippen LogP contribution in [0.25, 0.3) is 11.4 Å². The first-order chi connectivity index (χ1) is 10.0. The molecule has 112 valence electrons. The minimum Gasteiger partial charge on any atom is -0.494 e. The van der Waals surface area contributed by atoms with Crippen molar-refractivity contribution in [3.8, 4) is 17.1 Å². The molecule has 3 nitrogen and oxygen atoms in total. The van der Waals surface area contributed by atoms with E-state index in [2.05, 4.69) is 39.7 Å². The largest absolute Gasteiger partial charge is 0.494 e. The quantitative estimate of drug-likeness (QED) is 0.683. The van der Waals surface area contributed by atoms with Gasteiger partial charge in [0.15, 0.2) is 5.82 Å². The molecule has 0 unspecified atom stereocenters. The molecule has 0 saturated carbocycles. The predicted octanol–water partition coefficient (Wildman–Crippen LogP) is 5.16. The van der Waals surface area contributed by atoms with Gasteiger partial charge in [0.05, 0.1) is 16.8 Å². The lowest BCUT2D eigenvalue weighted by atomic mass is 10.1. The molecule has 1 heterocycles. The Kier molecular flexibility index (Phi) is 5.59. The van der Waals surface area contributed by atoms with Crippen LogP contribution in [0.5, 0.6) is 5.75 Å². The molecule has 2 aromatic rings. The topological polar surface area (TPSA) is 35.0 Å². The molecule has 0 spiro atoms. The summed E-state index contributed by atoms with van der Waals surface area (Å²) in [5.41, 5.74) is 1.84. The zero-order valence-corrected chi connectivity index (χ0v) is 14.7. The average Bonchev–Trinajstić information content (AvgIpc) is 2.44. The van der Waals surface area contributed by atoms with Crippen LogP contribution in [-0.2, 0) is 6.42 Å². The maximum absolute atomic E-state index is 6.22. The minimum absolute atomic E-state index is 0.442. The third-order valence-corrected chi connectivity index (χ3v) is 4.22. The van der Waals surface area contributed by atoms with Crippen molar-refractivity contribution in [3.05, 3.63) is 39.6 Å². The Morgan fingerprint density at radius 2 is 2.05 bits per heavy atom. The fourth-order valence-corrected chi connectivity index (χ4v) is 2.53. The van der Waals surface area contributed by atoms with Gasteiger partial charge in [-0.3, -0.25) is 0 Å². The molecular formula is C16H18BrClN2O. The number of hydrogen-bond donors (Lipinski definition) is 0. The number of rotatable bonds is 5. The summed E-state index contributed by atoms with van der Waals surface area (Å²) in [5.74, 6) is 1.93. The normalized spacial score (nSPS) is 11.0. The molecule has 0 atom stereocenters. The van der Waals surface area contributed by atoms with Crippen molar-refractivity contribution in [1.29, 1.82) is 0 Å². The summed E-state index contributed by atoms with van der Waals surface area (Å²) in [6.07, 6.45) is 0.848. The second kappa shape index (κ2) is 7.23. The van der Waals surface area contributed by atoms with E-state index in [1.54, 1.807) is 0 Å². The Morgan fingerprint density at radius 3 is 2.71 bits per heavy atom. The van der Waals surface area contributed by atoms with E-state index in [0.717, 1.165) is 27.9 Å². The highest BCUT2D eigenvalue weighted by Crippen LogP contribution is 2.29. The Bertz CT molecular complexity index is 632. The van der Waals surface area contributed by atoms with Gasteiger partial charge < -0.3 is 4.74 Å². The summed E-state index contributed by atoms with van der Waals surface area (Å²) in [4.78, 5) is 9.01. The van der Waals surface area contributed by atoms with Gasteiger partial charge in [-0.15, -0.1) is 0 Å². The van der Waals surface area contributed by atoms with Crippen LogP contribution in [0.4, 0.5) is 0 Å². The second-order valence-electron chi connectivity index (χ2n) is 5.16. The van der Waals surface area contributed by atoms with E-state index in [9.17, 15) is 0 Å². The van der Waals surface area contributed by atoms with E-state index in [4.69, 9.17) is 16.3 Å². The lowest BCUT2D eigenvalue weighted by molar-refractivity contribution is 0.340. The van der Waals surface area contributed by atoms with Gasteiger partial charge in [0.1, 0.15) is 10.9 Å². The maximum Gasteiger partial charge on any atom is 0.161 e. The van der Waals surface area contributed by atoms with Gasteiger partial charge in [0, 0.05) is 5.56 Å². The van der Waals surface area contributed by atoms with Crippen LogP contribution in [0.15, 0.2) is 28.7 Å². The Morgan fingerprint density at radius 1 is 1.29 bits per heavy atom. The molecule has 2 rings (SSSR count). The van der Waals surface area contributed by atoms with Gasteiger partial charge in [0.25, 0.3) is 0 Å². The number of benzene rings is 1. The van der Waals surface area contributed by atoms with Crippen molar-refractivity contribution in [1.82, 2.24) is 9.97 Å². The van der Waals surface area contributed by atoms with Crippen molar-refractivity contribution in [2.75, 3.05) is 6.61 Å². The summed E-state index contributed by atoms with van der Waals surface area (Å²) in [7, 11) is 0. The van der Waals surface area contributed by atoms with E-state index in [0.29, 0.717) is 23.5 Å². The van der Waals surface area contributed by atoms with Crippen molar-refractivity contribution in [2.24, 2.45) is 5.92 Å². The van der Waals surface area contributed by atoms with Crippen molar-refractivity contribution >= 4 is 27.5 Å². The molecule has 0 bridgehead atoms. The fourth-order valence-electron chi connectivity index (χ4n) is 2.01. The maximum atomic E-state index is 6.22. The van der Waals surface area contributed by atoms with Crippen LogP contribution in [0.2, 0.25) is 5.15 Å². The van der Waals surface area contributed by atoms with Crippen LogP contribution < -0.4 is 4.74 Å². The van der Waals surface area contributed by atoms with Crippen LogP contribution >= 0.6 is 27.5 Å². The van der Waals surface area contributed by atoms with Crippen LogP contribution in [-0.4, -0.2) is 16.6 Å². The smallest absolute Gasteiger partial charge is 0.161 e. The summed E-state index contributed by atoms with van der Waals surface area (Å²) in [5, 5.41) is 0.442. The zero-order valence-electron chi connectivity index (χ0n) is 12.4. The van der Waals surface area contributed by atoms with Gasteiger partial charge in [-0.05, 0) is 47.3 Å². The van der Waals surface area contributed by atoms with Crippen molar-refractivity contribution in [3.63, 3.8) is 0 Å². The van der Waals surface area contributed by atoms with Gasteiger partial charge >= 0.3 is 0 Å². The van der Waals surface area contributed by atoms with E-state index in [1.165, 1.54) is 0 Å². The first kappa shape index (κ1) is 16.2. The molecule has 0 saturated heterocycles. The molecular weight excluding hydrogens is 352 g/mol. The minimum atomic E-state index is 0.442. The van der Waals surface area contributed by atoms with Gasteiger partial charge in [-0.25, -0.2) is 9.97 Å². The second-order valence-corrected chi connectivity index (χ2v) is 6.31. The highest BCUT2D eigenvalue weighted by atomic mass is 79.9. The van der Waals surface area contributed by atoms with E-state index in [-0.39, 0.29) is 0 Å². The summed E-state index contributed by atoms with van der Waals surface area (Å²) in [6, 6.07) is 7.74. The molecule has 0 aliphatic heterocycles. The number of ether oxygens (including phenoxy) is 1. The van der Waals surface area contributed by atoms with Crippen LogP contribution in [0.1, 0.15) is 26.5 Å². The lowest BCUT2D eigenvalue weighted by Crippen LogP contribution is -2.03. The third kappa shape index (κ3) is 4.17. The summed E-state index contributed by atoms with van der Waals surface area (Å²) < 4.78 is 6.30. The highest BCUT2D eigenvalue weighted by molar-refractivity contribution is 9.10. The molecule has 0 amide bonds. The van der Waals surface area contributed by atoms with Gasteiger partial charge in [-0.2, -0.15) is 0 Å². The summed E-state index contributed by atoms with van der Waals surface area (Å²) >= 11 is 9.70. The molecule has 0 aliphatic carbocycles. The summed E-state index contributed by atoms with van der Waals surface area (Å²) in [6.45, 7) is 6.89. The molecule has 1 aromatic heterocycles. The molecule has 5 heteroatoms. The predicted molar refractivity (Wildman–Crippen MR) is 89.9 cm³/mol. The van der Waals surface area contributed by atoms with Gasteiger partial charge in [0.2, 0.25) is 0 Å². The van der Waals surface area contributed by atoms with E-state index >= 15 is 0 Å². The Labute approximate surface area is 138 Å². The number of halogens is 2. The first-order valence-corrected chi connectivity index (χ1v) is 8.13. The third-order valence-electron chi connectivity index (χ3n) is 2.88. The van der Waals surface area contributed by atoms with Crippen LogP contribution in [0.3, 0.4) is 0 Å². The Balaban J connectivity index is 2.44. The fraction of sp³-hybridized carbons (Fsp3) is 0.375. The molecule has 21 heavy (non-hydrogen) atoms. The van der Waals surface area contributed by atoms with Crippen molar-refractivity contribution < 1.29 is 4.74 Å². The SMILES string of the molecule is CCOc1cccc(-c2nc(Cl)c(Br)c(CC(C)C)n2)c1. The molecule has 1 aromatic carbocycles. The lowest BCUT2D eigenvalue weighted by Gasteiger charge is -2.11. The number of aromatic nitrogens is 2. The molecule has 0 radical (unpaired) electrons. The number of nitrogens with zero attached hydrogens (tertiary/aromatic N) is 2. The first-order valence-electron chi connectivity index (χ1n) is 6.96. The van der Waals surface area contributed by atoms with E-state index in [1.807, 2.05) is 31.2 Å². The number of hydrogen-bond acceptors (Lipinski definition) is 3. The molecule has 0 aliphatic rings. The zero-order chi connectivity index (χ0) is 15.4. The molecule has 0 fully saturated rings. The monoisotopic (exact) mass is 368 g/mol. The highest BCUT2D eigenvalue weighted by Gasteiger charge is 2.13. The van der Waals surface area contributed by atoms with Crippen LogP contribution in [0, 0.1) is 5.92 Å². The van der Waals surface area contributed by atoms with E-state index < -0.39 is 0 Å². The standard InChI is InChI=1S/C16H18BrClN2O/c1-4-21-12-7-5-6-11(9-12)16-19-13(8-10(2)3)14(17)15(18)20-16/h5-7,9-10H,4,8H2,1-3H3. The molecule has 0 N–H and O–H groups in total. The van der Waals surface area contributed by atoms with Gasteiger partial charge in [-0.1, -0.05) is 37.6 Å².